The number of H-pyrrole nitrogens is 2. The smallest absolute Gasteiger partial charge is 0.417 e. The Kier molecular flexibility index (Phi) is 7.11. The maximum Gasteiger partial charge on any atom is 0.417 e. The maximum absolute atomic E-state index is 16.7. The first-order valence-electron chi connectivity index (χ1n) is 14.9. The minimum absolute atomic E-state index is 0.00476. The normalized spacial score (nSPS) is 18.3. The SMILES string of the molecule is Cc1cc2[nH]ncc2c(-c2[nH]c(=O)c3c(N[C@H](C)c4cc(F)cnc4N)nc(OC[C@@H]4CC5(CC5)CN4C)nc3c2F)c1C(F)(F)F. The molecule has 1 aliphatic carbocycles. The van der Waals surface area contributed by atoms with E-state index in [2.05, 4.69) is 40.3 Å². The van der Waals surface area contributed by atoms with Gasteiger partial charge < -0.3 is 20.8 Å². The molecule has 47 heavy (non-hydrogen) atoms. The molecular formula is C31H30F5N9O2. The zero-order valence-corrected chi connectivity index (χ0v) is 25.5. The molecule has 0 amide bonds. The van der Waals surface area contributed by atoms with Crippen LogP contribution in [0.15, 0.2) is 29.3 Å². The van der Waals surface area contributed by atoms with E-state index < -0.39 is 51.7 Å². The Bertz CT molecular complexity index is 2110. The number of hydrogen-bond donors (Lipinski definition) is 4. The number of nitrogens with one attached hydrogen (secondary N) is 3. The number of fused-ring (bicyclic) bond motifs is 2. The number of aromatic amines is 2. The highest BCUT2D eigenvalue weighted by Gasteiger charge is 2.51. The van der Waals surface area contributed by atoms with Crippen molar-refractivity contribution in [3.8, 4) is 17.3 Å². The number of alkyl halides is 3. The van der Waals surface area contributed by atoms with E-state index in [1.54, 1.807) is 6.92 Å². The summed E-state index contributed by atoms with van der Waals surface area (Å²) in [5.74, 6) is -2.08. The Hall–Kier alpha value is -4.86. The van der Waals surface area contributed by atoms with Crippen LogP contribution in [0.2, 0.25) is 0 Å². The molecule has 1 saturated carbocycles. The zero-order valence-electron chi connectivity index (χ0n) is 25.5. The van der Waals surface area contributed by atoms with E-state index in [0.29, 0.717) is 0 Å². The fourth-order valence-corrected chi connectivity index (χ4v) is 6.73. The molecule has 1 saturated heterocycles. The number of aromatic nitrogens is 6. The van der Waals surface area contributed by atoms with Crippen LogP contribution in [0.25, 0.3) is 33.1 Å². The standard InChI is InChI=1S/C31H30F5N9O2/c1-13-6-19-18(10-39-44-19)20(22(13)31(34,35)36)24-23(33)25-21(28(46)41-24)27(40-14(2)17-7-15(32)9-38-26(17)37)43-29(42-25)47-11-16-8-30(4-5-30)12-45(16)3/h6-7,9-10,14,16H,4-5,8,11-12H2,1-3H3,(H2,37,38)(H,39,44)(H,41,46)(H,40,42,43)/t14-,16+/m1/s1. The van der Waals surface area contributed by atoms with Crippen LogP contribution in [0.1, 0.15) is 48.9 Å². The van der Waals surface area contributed by atoms with Crippen molar-refractivity contribution in [2.24, 2.45) is 5.41 Å². The predicted octanol–water partition coefficient (Wildman–Crippen LogP) is 5.48. The number of benzene rings is 1. The zero-order chi connectivity index (χ0) is 33.4. The number of nitrogens with zero attached hydrogens (tertiary/aromatic N) is 5. The molecule has 0 bridgehead atoms. The third-order valence-electron chi connectivity index (χ3n) is 9.23. The highest BCUT2D eigenvalue weighted by molar-refractivity contribution is 5.99. The van der Waals surface area contributed by atoms with E-state index in [0.717, 1.165) is 44.3 Å². The summed E-state index contributed by atoms with van der Waals surface area (Å²) < 4.78 is 80.1. The minimum Gasteiger partial charge on any atom is -0.462 e. The number of aryl methyl sites for hydroxylation is 1. The van der Waals surface area contributed by atoms with Crippen molar-refractivity contribution in [1.82, 2.24) is 35.0 Å². The number of ether oxygens (including phenoxy) is 1. The van der Waals surface area contributed by atoms with Crippen LogP contribution in [-0.2, 0) is 6.18 Å². The lowest BCUT2D eigenvalue weighted by Gasteiger charge is -2.21. The Morgan fingerprint density at radius 2 is 1.98 bits per heavy atom. The number of nitrogens with two attached hydrogens (primary N) is 1. The predicted molar refractivity (Wildman–Crippen MR) is 164 cm³/mol. The van der Waals surface area contributed by atoms with Crippen molar-refractivity contribution in [3.05, 3.63) is 63.2 Å². The van der Waals surface area contributed by atoms with Gasteiger partial charge in [-0.1, -0.05) is 0 Å². The summed E-state index contributed by atoms with van der Waals surface area (Å²) in [6, 6.07) is 1.33. The highest BCUT2D eigenvalue weighted by Crippen LogP contribution is 2.54. The van der Waals surface area contributed by atoms with Crippen LogP contribution in [0, 0.1) is 24.0 Å². The second-order valence-corrected chi connectivity index (χ2v) is 12.6. The third kappa shape index (κ3) is 5.39. The summed E-state index contributed by atoms with van der Waals surface area (Å²) in [5, 5.41) is 8.97. The van der Waals surface area contributed by atoms with Crippen LogP contribution in [0.5, 0.6) is 6.01 Å². The van der Waals surface area contributed by atoms with Gasteiger partial charge in [-0.3, -0.25) is 14.8 Å². The Morgan fingerprint density at radius 1 is 1.21 bits per heavy atom. The first-order valence-corrected chi connectivity index (χ1v) is 14.9. The molecular weight excluding hydrogens is 625 g/mol. The van der Waals surface area contributed by atoms with Crippen LogP contribution < -0.4 is 21.3 Å². The number of rotatable bonds is 7. The summed E-state index contributed by atoms with van der Waals surface area (Å²) in [4.78, 5) is 30.6. The molecule has 0 unspecified atom stereocenters. The van der Waals surface area contributed by atoms with Gasteiger partial charge in [0.25, 0.3) is 5.56 Å². The third-order valence-corrected chi connectivity index (χ3v) is 9.23. The molecule has 246 valence electrons. The van der Waals surface area contributed by atoms with Gasteiger partial charge in [-0.05, 0) is 63.3 Å². The fourth-order valence-electron chi connectivity index (χ4n) is 6.73. The summed E-state index contributed by atoms with van der Waals surface area (Å²) in [7, 11) is 1.98. The van der Waals surface area contributed by atoms with Crippen LogP contribution in [0.3, 0.4) is 0 Å². The van der Waals surface area contributed by atoms with Crippen molar-refractivity contribution in [2.45, 2.75) is 51.4 Å². The number of anilines is 2. The lowest BCUT2D eigenvalue weighted by atomic mass is 9.94. The van der Waals surface area contributed by atoms with Crippen LogP contribution in [-0.4, -0.2) is 61.3 Å². The van der Waals surface area contributed by atoms with Gasteiger partial charge in [0.2, 0.25) is 0 Å². The molecule has 1 aliphatic heterocycles. The van der Waals surface area contributed by atoms with Gasteiger partial charge in [0, 0.05) is 29.1 Å². The van der Waals surface area contributed by atoms with E-state index in [-0.39, 0.29) is 63.1 Å². The molecule has 2 atom stereocenters. The van der Waals surface area contributed by atoms with Crippen LogP contribution >= 0.6 is 0 Å². The average Bonchev–Trinajstić information content (AvgIpc) is 3.44. The number of likely N-dealkylation sites (tertiary alicyclic amines) is 1. The van der Waals surface area contributed by atoms with E-state index in [1.165, 1.54) is 13.0 Å². The second-order valence-electron chi connectivity index (χ2n) is 12.6. The van der Waals surface area contributed by atoms with Crippen molar-refractivity contribution in [1.29, 1.82) is 0 Å². The largest absolute Gasteiger partial charge is 0.462 e. The molecule has 11 nitrogen and oxygen atoms in total. The molecule has 1 aromatic carbocycles. The first kappa shape index (κ1) is 30.8. The molecule has 7 rings (SSSR count). The summed E-state index contributed by atoms with van der Waals surface area (Å²) in [6.45, 7) is 3.91. The molecule has 1 spiro atoms. The Labute approximate surface area is 263 Å². The number of likely N-dealkylation sites (N-methyl/N-ethyl adjacent to an activating group) is 1. The number of nitrogen functional groups attached to an aromatic ring is 1. The number of hydrogen-bond acceptors (Lipinski definition) is 9. The summed E-state index contributed by atoms with van der Waals surface area (Å²) in [6.07, 6.45) is 0.330. The fraction of sp³-hybridized carbons (Fsp3) is 0.387. The van der Waals surface area contributed by atoms with Crippen molar-refractivity contribution >= 4 is 33.4 Å². The van der Waals surface area contributed by atoms with Crippen molar-refractivity contribution in [3.63, 3.8) is 0 Å². The number of halogens is 5. The highest BCUT2D eigenvalue weighted by atomic mass is 19.4. The van der Waals surface area contributed by atoms with Gasteiger partial charge in [0.1, 0.15) is 35.0 Å². The Morgan fingerprint density at radius 3 is 2.68 bits per heavy atom. The molecule has 2 aliphatic rings. The summed E-state index contributed by atoms with van der Waals surface area (Å²) >= 11 is 0. The summed E-state index contributed by atoms with van der Waals surface area (Å²) in [5.41, 5.74) is 2.48. The van der Waals surface area contributed by atoms with Gasteiger partial charge in [0.05, 0.1) is 35.2 Å². The lowest BCUT2D eigenvalue weighted by molar-refractivity contribution is -0.137. The van der Waals surface area contributed by atoms with Crippen molar-refractivity contribution < 1.29 is 26.7 Å². The molecule has 4 aromatic heterocycles. The van der Waals surface area contributed by atoms with Crippen molar-refractivity contribution in [2.75, 3.05) is 31.2 Å². The van der Waals surface area contributed by atoms with Crippen LogP contribution in [0.4, 0.5) is 33.6 Å². The van der Waals surface area contributed by atoms with Gasteiger partial charge in [-0.2, -0.15) is 28.2 Å². The molecule has 2 fully saturated rings. The second kappa shape index (κ2) is 10.9. The topological polar surface area (TPSA) is 151 Å². The average molecular weight is 656 g/mol. The molecule has 16 heteroatoms. The van der Waals surface area contributed by atoms with Gasteiger partial charge >= 0.3 is 12.2 Å². The van der Waals surface area contributed by atoms with E-state index >= 15 is 4.39 Å². The molecule has 5 N–H and O–H groups in total. The molecule has 5 heterocycles. The van der Waals surface area contributed by atoms with E-state index in [4.69, 9.17) is 10.5 Å². The van der Waals surface area contributed by atoms with E-state index in [1.807, 2.05) is 7.05 Å². The minimum atomic E-state index is -4.91. The monoisotopic (exact) mass is 655 g/mol. The number of pyridine rings is 2. The maximum atomic E-state index is 16.7. The molecule has 5 aromatic rings. The van der Waals surface area contributed by atoms with Gasteiger partial charge in [-0.25, -0.2) is 13.8 Å². The molecule has 0 radical (unpaired) electrons. The first-order chi connectivity index (χ1) is 22.2. The quantitative estimate of drug-likeness (QED) is 0.167. The van der Waals surface area contributed by atoms with Gasteiger partial charge in [-0.15, -0.1) is 0 Å². The Balaban J connectivity index is 1.40. The lowest BCUT2D eigenvalue weighted by Crippen LogP contribution is -2.31. The van der Waals surface area contributed by atoms with E-state index in [9.17, 15) is 22.4 Å². The van der Waals surface area contributed by atoms with Gasteiger partial charge in [0.15, 0.2) is 5.82 Å².